The number of halogens is 3. The molecule has 0 N–H and O–H groups in total. The van der Waals surface area contributed by atoms with Crippen molar-refractivity contribution in [1.82, 2.24) is 0 Å². The highest BCUT2D eigenvalue weighted by Crippen LogP contribution is 2.37. The Bertz CT molecular complexity index is 974. The van der Waals surface area contributed by atoms with E-state index < -0.39 is 12.6 Å². The van der Waals surface area contributed by atoms with Crippen LogP contribution in [0.4, 0.5) is 8.78 Å². The molecular formula is C20H16BrF2NO5. The van der Waals surface area contributed by atoms with Gasteiger partial charge in [-0.15, -0.1) is 0 Å². The van der Waals surface area contributed by atoms with Crippen LogP contribution in [0.2, 0.25) is 0 Å². The van der Waals surface area contributed by atoms with E-state index in [4.69, 9.17) is 14.2 Å². The minimum atomic E-state index is -2.91. The molecule has 0 atom stereocenters. The van der Waals surface area contributed by atoms with Crippen molar-refractivity contribution in [3.05, 3.63) is 57.7 Å². The summed E-state index contributed by atoms with van der Waals surface area (Å²) >= 11 is 3.41. The maximum atomic E-state index is 12.2. The molecule has 0 aromatic heterocycles. The number of aliphatic imine (C=N–C) groups is 1. The molecular weight excluding hydrogens is 452 g/mol. The summed E-state index contributed by atoms with van der Waals surface area (Å²) < 4.78 is 45.5. The van der Waals surface area contributed by atoms with Crippen LogP contribution in [0, 0.1) is 0 Å². The van der Waals surface area contributed by atoms with Gasteiger partial charge in [-0.05, 0) is 70.9 Å². The zero-order valence-corrected chi connectivity index (χ0v) is 17.0. The second-order valence-corrected chi connectivity index (χ2v) is 6.56. The number of cyclic esters (lactones) is 1. The molecule has 0 bridgehead atoms. The number of alkyl halides is 2. The molecule has 1 aliphatic heterocycles. The first-order chi connectivity index (χ1) is 13.9. The van der Waals surface area contributed by atoms with E-state index >= 15 is 0 Å². The Labute approximate surface area is 173 Å². The van der Waals surface area contributed by atoms with Gasteiger partial charge in [-0.2, -0.15) is 8.78 Å². The van der Waals surface area contributed by atoms with Crippen LogP contribution in [0.5, 0.6) is 17.2 Å². The highest BCUT2D eigenvalue weighted by Gasteiger charge is 2.24. The Morgan fingerprint density at radius 1 is 1.24 bits per heavy atom. The van der Waals surface area contributed by atoms with Gasteiger partial charge in [0.15, 0.2) is 17.2 Å². The summed E-state index contributed by atoms with van der Waals surface area (Å²) in [6.07, 6.45) is 1.55. The van der Waals surface area contributed by atoms with Gasteiger partial charge in [0.05, 0.1) is 18.2 Å². The van der Waals surface area contributed by atoms with Gasteiger partial charge < -0.3 is 18.9 Å². The van der Waals surface area contributed by atoms with Crippen molar-refractivity contribution in [2.45, 2.75) is 13.5 Å². The fourth-order valence-corrected chi connectivity index (χ4v) is 3.22. The number of rotatable bonds is 7. The zero-order valence-electron chi connectivity index (χ0n) is 15.4. The molecule has 6 nitrogen and oxygen atoms in total. The van der Waals surface area contributed by atoms with E-state index in [1.807, 2.05) is 6.92 Å². The van der Waals surface area contributed by atoms with Crippen LogP contribution < -0.4 is 14.2 Å². The first-order valence-corrected chi connectivity index (χ1v) is 9.28. The molecule has 2 aromatic carbocycles. The largest absolute Gasteiger partial charge is 0.492 e. The molecule has 0 saturated carbocycles. The zero-order chi connectivity index (χ0) is 21.0. The highest BCUT2D eigenvalue weighted by molar-refractivity contribution is 9.10. The fourth-order valence-electron chi connectivity index (χ4n) is 2.60. The molecule has 152 valence electrons. The number of carbonyl (C=O) groups excluding carboxylic acids is 1. The average molecular weight is 468 g/mol. The summed E-state index contributed by atoms with van der Waals surface area (Å²) in [5, 5.41) is 0. The monoisotopic (exact) mass is 467 g/mol. The van der Waals surface area contributed by atoms with Crippen LogP contribution in [-0.4, -0.2) is 32.2 Å². The molecule has 3 rings (SSSR count). The molecule has 1 aliphatic rings. The van der Waals surface area contributed by atoms with E-state index in [9.17, 15) is 13.6 Å². The van der Waals surface area contributed by atoms with Crippen molar-refractivity contribution in [3.8, 4) is 17.2 Å². The number of ether oxygens (including phenoxy) is 4. The van der Waals surface area contributed by atoms with Gasteiger partial charge in [0, 0.05) is 5.56 Å². The molecule has 9 heteroatoms. The average Bonchev–Trinajstić information content (AvgIpc) is 3.02. The quantitative estimate of drug-likeness (QED) is 0.432. The van der Waals surface area contributed by atoms with E-state index in [1.165, 1.54) is 31.4 Å². The van der Waals surface area contributed by atoms with Crippen LogP contribution in [0.3, 0.4) is 0 Å². The number of methoxy groups -OCH3 is 1. The van der Waals surface area contributed by atoms with Gasteiger partial charge in [-0.1, -0.05) is 0 Å². The summed E-state index contributed by atoms with van der Waals surface area (Å²) in [7, 11) is 1.53. The van der Waals surface area contributed by atoms with Crippen molar-refractivity contribution in [2.75, 3.05) is 13.7 Å². The van der Waals surface area contributed by atoms with Crippen LogP contribution in [0.1, 0.15) is 18.1 Å². The third-order valence-corrected chi connectivity index (χ3v) is 4.38. The number of benzene rings is 2. The van der Waals surface area contributed by atoms with Gasteiger partial charge in [-0.3, -0.25) is 0 Å². The Hall–Kier alpha value is -2.94. The topological polar surface area (TPSA) is 66.3 Å². The van der Waals surface area contributed by atoms with Crippen LogP contribution in [0.25, 0.3) is 6.08 Å². The first kappa shape index (κ1) is 20.8. The van der Waals surface area contributed by atoms with Crippen molar-refractivity contribution >= 4 is 33.9 Å². The standard InChI is InChI=1S/C20H16BrF2NO5/c1-3-27-16-10-11(8-14(21)17(16)26-2)9-15-19(25)29-18(24-15)12-4-6-13(7-5-12)28-20(22)23/h4-10,20H,3H2,1-2H3/b15-9-. The predicted octanol–water partition coefficient (Wildman–Crippen LogP) is 4.80. The molecule has 29 heavy (non-hydrogen) atoms. The smallest absolute Gasteiger partial charge is 0.387 e. The number of hydrogen-bond acceptors (Lipinski definition) is 6. The van der Waals surface area contributed by atoms with Gasteiger partial charge in [-0.25, -0.2) is 9.79 Å². The van der Waals surface area contributed by atoms with Gasteiger partial charge in [0.1, 0.15) is 5.75 Å². The van der Waals surface area contributed by atoms with E-state index in [1.54, 1.807) is 18.2 Å². The lowest BCUT2D eigenvalue weighted by molar-refractivity contribution is -0.129. The van der Waals surface area contributed by atoms with Crippen molar-refractivity contribution in [2.24, 2.45) is 4.99 Å². The van der Waals surface area contributed by atoms with Crippen LogP contribution >= 0.6 is 15.9 Å². The predicted molar refractivity (Wildman–Crippen MR) is 106 cm³/mol. The fraction of sp³-hybridized carbons (Fsp3) is 0.200. The molecule has 1 heterocycles. The minimum absolute atomic E-state index is 0.00373. The summed E-state index contributed by atoms with van der Waals surface area (Å²) in [6, 6.07) is 9.11. The second-order valence-electron chi connectivity index (χ2n) is 5.71. The number of esters is 1. The maximum Gasteiger partial charge on any atom is 0.387 e. The number of nitrogens with zero attached hydrogens (tertiary/aromatic N) is 1. The lowest BCUT2D eigenvalue weighted by Gasteiger charge is -2.12. The van der Waals surface area contributed by atoms with Crippen molar-refractivity contribution in [3.63, 3.8) is 0 Å². The Morgan fingerprint density at radius 3 is 2.59 bits per heavy atom. The molecule has 0 fully saturated rings. The minimum Gasteiger partial charge on any atom is -0.492 e. The molecule has 0 unspecified atom stereocenters. The highest BCUT2D eigenvalue weighted by atomic mass is 79.9. The summed E-state index contributed by atoms with van der Waals surface area (Å²) in [4.78, 5) is 16.4. The van der Waals surface area contributed by atoms with E-state index in [0.717, 1.165) is 0 Å². The lowest BCUT2D eigenvalue weighted by atomic mass is 10.1. The van der Waals surface area contributed by atoms with Crippen LogP contribution in [0.15, 0.2) is 51.6 Å². The Kier molecular flexibility index (Phi) is 6.48. The van der Waals surface area contributed by atoms with E-state index in [2.05, 4.69) is 25.7 Å². The van der Waals surface area contributed by atoms with E-state index in [-0.39, 0.29) is 17.3 Å². The molecule has 0 aliphatic carbocycles. The summed E-state index contributed by atoms with van der Waals surface area (Å²) in [5.74, 6) is 0.496. The van der Waals surface area contributed by atoms with Crippen molar-refractivity contribution < 1.29 is 32.5 Å². The van der Waals surface area contributed by atoms with Crippen molar-refractivity contribution in [1.29, 1.82) is 0 Å². The van der Waals surface area contributed by atoms with Gasteiger partial charge in [0.2, 0.25) is 5.90 Å². The molecule has 2 aromatic rings. The molecule has 0 spiro atoms. The van der Waals surface area contributed by atoms with E-state index in [0.29, 0.717) is 33.7 Å². The molecule has 0 radical (unpaired) electrons. The number of carbonyl (C=O) groups is 1. The SMILES string of the molecule is CCOc1cc(/C=C2\N=C(c3ccc(OC(F)F)cc3)OC2=O)cc(Br)c1OC. The normalized spacial score (nSPS) is 14.8. The summed E-state index contributed by atoms with van der Waals surface area (Å²) in [6.45, 7) is -0.623. The Balaban J connectivity index is 1.88. The summed E-state index contributed by atoms with van der Waals surface area (Å²) in [5.41, 5.74) is 1.19. The third kappa shape index (κ3) is 4.92. The Morgan fingerprint density at radius 2 is 1.97 bits per heavy atom. The first-order valence-electron chi connectivity index (χ1n) is 8.49. The maximum absolute atomic E-state index is 12.2. The third-order valence-electron chi connectivity index (χ3n) is 3.79. The lowest BCUT2D eigenvalue weighted by Crippen LogP contribution is -2.06. The molecule has 0 saturated heterocycles. The molecule has 0 amide bonds. The van der Waals surface area contributed by atoms with Gasteiger partial charge in [0.25, 0.3) is 0 Å². The van der Waals surface area contributed by atoms with Gasteiger partial charge >= 0.3 is 12.6 Å². The van der Waals surface area contributed by atoms with Crippen LogP contribution in [-0.2, 0) is 9.53 Å². The number of hydrogen-bond donors (Lipinski definition) is 0. The second kappa shape index (κ2) is 9.04.